The molecule has 0 radical (unpaired) electrons. The minimum Gasteiger partial charge on any atom is -0.469 e. The summed E-state index contributed by atoms with van der Waals surface area (Å²) in [5.41, 5.74) is 3.15. The fourth-order valence-electron chi connectivity index (χ4n) is 7.04. The molecule has 8 rings (SSSR count). The first-order valence-corrected chi connectivity index (χ1v) is 16.3. The molecule has 2 amide bonds. The summed E-state index contributed by atoms with van der Waals surface area (Å²) in [6.45, 7) is 8.27. The quantitative estimate of drug-likeness (QED) is 0.239. The Morgan fingerprint density at radius 1 is 1.04 bits per heavy atom. The van der Waals surface area contributed by atoms with Gasteiger partial charge in [0.05, 0.1) is 13.2 Å². The normalized spacial score (nSPS) is 25.1. The number of para-hydroxylation sites is 1. The van der Waals surface area contributed by atoms with Gasteiger partial charge in [-0.3, -0.25) is 9.59 Å². The molecule has 4 aliphatic rings. The molecule has 4 N–H and O–H groups in total. The summed E-state index contributed by atoms with van der Waals surface area (Å²) in [7, 11) is 0. The van der Waals surface area contributed by atoms with Crippen molar-refractivity contribution < 1.29 is 37.7 Å². The second-order valence-corrected chi connectivity index (χ2v) is 13.4. The number of hydrogen-bond acceptors (Lipinski definition) is 11. The van der Waals surface area contributed by atoms with Gasteiger partial charge in [-0.1, -0.05) is 58.0 Å². The lowest BCUT2D eigenvalue weighted by Gasteiger charge is -2.29. The van der Waals surface area contributed by atoms with E-state index in [0.29, 0.717) is 36.1 Å². The van der Waals surface area contributed by atoms with Crippen molar-refractivity contribution in [2.45, 2.75) is 70.2 Å². The minimum atomic E-state index is -1.28. The van der Waals surface area contributed by atoms with Crippen LogP contribution < -0.4 is 20.7 Å². The fraction of sp³-hybridized carbons (Fsp3) is 0.429. The number of hydrogen-bond donors (Lipinski definition) is 4. The summed E-state index contributed by atoms with van der Waals surface area (Å²) in [6, 6.07) is 12.0. The molecule has 4 bridgehead atoms. The molecule has 1 unspecified atom stereocenters. The lowest BCUT2D eigenvalue weighted by Crippen LogP contribution is -2.52. The third-order valence-electron chi connectivity index (χ3n) is 9.54. The predicted molar refractivity (Wildman–Crippen MR) is 170 cm³/mol. The number of amides is 2. The van der Waals surface area contributed by atoms with Gasteiger partial charge < -0.3 is 44.1 Å². The first-order chi connectivity index (χ1) is 23.1. The van der Waals surface area contributed by atoms with Crippen LogP contribution in [0.3, 0.4) is 0 Å². The summed E-state index contributed by atoms with van der Waals surface area (Å²) < 4.78 is 30.8. The van der Waals surface area contributed by atoms with Crippen LogP contribution in [0.25, 0.3) is 11.6 Å². The third-order valence-corrected chi connectivity index (χ3v) is 9.54. The molecule has 4 aliphatic heterocycles. The van der Waals surface area contributed by atoms with E-state index in [2.05, 4.69) is 16.0 Å². The minimum absolute atomic E-state index is 0.167. The number of benzene rings is 2. The van der Waals surface area contributed by atoms with Crippen LogP contribution in [0.15, 0.2) is 57.6 Å². The molecule has 1 fully saturated rings. The van der Waals surface area contributed by atoms with Gasteiger partial charge in [-0.25, -0.2) is 9.97 Å². The Morgan fingerprint density at radius 3 is 2.60 bits per heavy atom. The van der Waals surface area contributed by atoms with E-state index in [1.807, 2.05) is 56.3 Å². The average molecular weight is 656 g/mol. The first kappa shape index (κ1) is 30.6. The Hall–Kier alpha value is -4.72. The van der Waals surface area contributed by atoms with Crippen LogP contribution in [-0.2, 0) is 30.9 Å². The number of anilines is 1. The Bertz CT molecular complexity index is 1890. The van der Waals surface area contributed by atoms with Crippen molar-refractivity contribution >= 4 is 17.5 Å². The number of carbonyl (C=O) groups excluding carboxylic acids is 2. The van der Waals surface area contributed by atoms with Crippen LogP contribution >= 0.6 is 0 Å². The molecule has 1 saturated heterocycles. The molecule has 2 aromatic carbocycles. The zero-order valence-corrected chi connectivity index (χ0v) is 27.0. The van der Waals surface area contributed by atoms with Gasteiger partial charge in [0.1, 0.15) is 41.3 Å². The van der Waals surface area contributed by atoms with E-state index in [9.17, 15) is 14.7 Å². The van der Waals surface area contributed by atoms with E-state index in [4.69, 9.17) is 33.0 Å². The van der Waals surface area contributed by atoms with Crippen molar-refractivity contribution in [3.8, 4) is 17.3 Å². The van der Waals surface area contributed by atoms with Crippen LogP contribution in [0.1, 0.15) is 74.1 Å². The number of nitrogens with zero attached hydrogens (tertiary/aromatic N) is 2. The molecule has 13 heteroatoms. The number of fused-ring (bicyclic) bond motifs is 4. The topological polar surface area (TPSA) is 170 Å². The van der Waals surface area contributed by atoms with Gasteiger partial charge >= 0.3 is 0 Å². The predicted octanol–water partition coefficient (Wildman–Crippen LogP) is 3.72. The highest BCUT2D eigenvalue weighted by Crippen LogP contribution is 2.59. The zero-order valence-electron chi connectivity index (χ0n) is 27.0. The zero-order chi connectivity index (χ0) is 33.3. The van der Waals surface area contributed by atoms with E-state index < -0.39 is 47.9 Å². The van der Waals surface area contributed by atoms with Crippen molar-refractivity contribution in [1.29, 1.82) is 0 Å². The van der Waals surface area contributed by atoms with E-state index in [-0.39, 0.29) is 30.0 Å². The second kappa shape index (κ2) is 11.5. The molecule has 2 aromatic heterocycles. The molecule has 1 spiro atoms. The Morgan fingerprint density at radius 2 is 1.83 bits per heavy atom. The van der Waals surface area contributed by atoms with Crippen LogP contribution in [-0.4, -0.2) is 58.5 Å². The van der Waals surface area contributed by atoms with Crippen LogP contribution in [0.2, 0.25) is 0 Å². The lowest BCUT2D eigenvalue weighted by molar-refractivity contribution is -0.135. The number of oxazole rings is 2. The maximum absolute atomic E-state index is 14.0. The van der Waals surface area contributed by atoms with Crippen molar-refractivity contribution in [2.24, 2.45) is 11.8 Å². The highest BCUT2D eigenvalue weighted by molar-refractivity contribution is 5.90. The molecular weight excluding hydrogens is 618 g/mol. The van der Waals surface area contributed by atoms with Gasteiger partial charge in [-0.15, -0.1) is 0 Å². The average Bonchev–Trinajstić information content (AvgIpc) is 3.89. The molecule has 6 heterocycles. The highest BCUT2D eigenvalue weighted by atomic mass is 16.7. The monoisotopic (exact) mass is 655 g/mol. The van der Waals surface area contributed by atoms with Crippen LogP contribution in [0, 0.1) is 11.8 Å². The number of aliphatic hydroxyl groups excluding tert-OH is 1. The molecule has 13 nitrogen and oxygen atoms in total. The largest absolute Gasteiger partial charge is 0.469 e. The highest BCUT2D eigenvalue weighted by Gasteiger charge is 2.61. The van der Waals surface area contributed by atoms with E-state index in [0.717, 1.165) is 22.4 Å². The maximum atomic E-state index is 14.0. The summed E-state index contributed by atoms with van der Waals surface area (Å²) in [5, 5.41) is 19.9. The Balaban J connectivity index is 1.35. The molecule has 4 aromatic rings. The first-order valence-electron chi connectivity index (χ1n) is 16.3. The number of carbonyl (C=O) groups is 2. The molecule has 5 atom stereocenters. The maximum Gasteiger partial charge on any atom is 0.249 e. The van der Waals surface area contributed by atoms with Gasteiger partial charge in [-0.05, 0) is 35.1 Å². The van der Waals surface area contributed by atoms with Crippen molar-refractivity contribution in [2.75, 3.05) is 18.5 Å². The Labute approximate surface area is 276 Å². The number of nitrogens with one attached hydrogen (secondary N) is 3. The molecule has 250 valence electrons. The van der Waals surface area contributed by atoms with E-state index in [1.165, 1.54) is 6.26 Å². The number of aliphatic hydroxyl groups is 1. The van der Waals surface area contributed by atoms with Gasteiger partial charge in [0.25, 0.3) is 0 Å². The molecule has 0 aliphatic carbocycles. The number of ether oxygens (including phenoxy) is 3. The SMILES string of the molecule is CC(C)[C@H](O)C(=O)N[C@H]1Cc2ccc3c(c2)C2(c4ccccc4N[C@@H]2O3)c2oc(nc2-c2nc(C3OCCO3)co2)[C@H](C(C)C)NC1=O. The summed E-state index contributed by atoms with van der Waals surface area (Å²) in [5.74, 6) is -0.0479. The molecular formula is C35H37N5O8. The van der Waals surface area contributed by atoms with Gasteiger partial charge in [0.2, 0.25) is 29.9 Å². The molecule has 48 heavy (non-hydrogen) atoms. The third kappa shape index (κ3) is 4.71. The van der Waals surface area contributed by atoms with Gasteiger partial charge in [0.15, 0.2) is 17.7 Å². The standard InChI is InChI=1S/C35H37N5O8/c1-16(2)25-32-40-26(31-37-23(15-46-31)33-44-11-12-45-33)28(48-32)35-19-7-5-6-8-21(19)38-34(35)47-24-10-9-18(13-20(24)35)14-22(29(42)39-25)36-30(43)27(41)17(3)4/h5-10,13,15-17,22,25,27,33-34,38,41H,11-12,14H2,1-4H3,(H,36,43)(H,39,42)/t22-,25-,27-,34+,35?/m0/s1. The summed E-state index contributed by atoms with van der Waals surface area (Å²) >= 11 is 0. The van der Waals surface area contributed by atoms with Crippen LogP contribution in [0.5, 0.6) is 5.75 Å². The fourth-order valence-corrected chi connectivity index (χ4v) is 7.04. The smallest absolute Gasteiger partial charge is 0.249 e. The van der Waals surface area contributed by atoms with Crippen molar-refractivity contribution in [3.05, 3.63) is 82.8 Å². The van der Waals surface area contributed by atoms with Gasteiger partial charge in [0, 0.05) is 17.7 Å². The van der Waals surface area contributed by atoms with Crippen molar-refractivity contribution in [3.63, 3.8) is 0 Å². The lowest BCUT2D eigenvalue weighted by atomic mass is 9.72. The number of aromatic nitrogens is 2. The molecule has 0 saturated carbocycles. The van der Waals surface area contributed by atoms with Gasteiger partial charge in [-0.2, -0.15) is 0 Å². The van der Waals surface area contributed by atoms with E-state index >= 15 is 0 Å². The summed E-state index contributed by atoms with van der Waals surface area (Å²) in [6.07, 6.45) is -0.886. The summed E-state index contributed by atoms with van der Waals surface area (Å²) in [4.78, 5) is 36.8. The van der Waals surface area contributed by atoms with Crippen LogP contribution in [0.4, 0.5) is 5.69 Å². The Kier molecular flexibility index (Phi) is 7.31. The van der Waals surface area contributed by atoms with Crippen molar-refractivity contribution in [1.82, 2.24) is 20.6 Å². The van der Waals surface area contributed by atoms with E-state index in [1.54, 1.807) is 13.8 Å². The second-order valence-electron chi connectivity index (χ2n) is 13.4. The number of rotatable bonds is 6.